The first-order chi connectivity index (χ1) is 9.24. The van der Waals surface area contributed by atoms with E-state index in [0.29, 0.717) is 12.5 Å². The van der Waals surface area contributed by atoms with Crippen LogP contribution in [0.1, 0.15) is 51.1 Å². The summed E-state index contributed by atoms with van der Waals surface area (Å²) in [5.41, 5.74) is 0. The fourth-order valence-electron chi connectivity index (χ4n) is 2.58. The van der Waals surface area contributed by atoms with Gasteiger partial charge in [0.15, 0.2) is 0 Å². The Kier molecular flexibility index (Phi) is 5.93. The van der Waals surface area contributed by atoms with Crippen LogP contribution >= 0.6 is 0 Å². The molecule has 2 rings (SSSR count). The normalized spacial score (nSPS) is 16.6. The van der Waals surface area contributed by atoms with Gasteiger partial charge in [-0.05, 0) is 43.4 Å². The molecule has 0 amide bonds. The van der Waals surface area contributed by atoms with E-state index in [0.717, 1.165) is 37.1 Å². The highest BCUT2D eigenvalue weighted by Gasteiger charge is 2.15. The predicted molar refractivity (Wildman–Crippen MR) is 76.9 cm³/mol. The Labute approximate surface area is 116 Å². The zero-order chi connectivity index (χ0) is 13.5. The fraction of sp³-hybridized carbons (Fsp3) is 0.750. The molecule has 1 N–H and O–H groups in total. The lowest BCUT2D eigenvalue weighted by Crippen LogP contribution is -2.18. The molecule has 0 atom stereocenters. The average Bonchev–Trinajstić information content (AvgIpc) is 3.00. The van der Waals surface area contributed by atoms with E-state index in [9.17, 15) is 0 Å². The first kappa shape index (κ1) is 14.6. The van der Waals surface area contributed by atoms with Crippen LogP contribution in [-0.4, -0.2) is 13.2 Å². The zero-order valence-corrected chi connectivity index (χ0v) is 12.3. The number of hydrogen-bond acceptors (Lipinski definition) is 3. The molecule has 3 nitrogen and oxygen atoms in total. The molecule has 3 heteroatoms. The third-order valence-electron chi connectivity index (χ3n) is 3.64. The van der Waals surface area contributed by atoms with Crippen LogP contribution in [0.5, 0.6) is 0 Å². The molecule has 108 valence electrons. The Morgan fingerprint density at radius 3 is 2.74 bits per heavy atom. The van der Waals surface area contributed by atoms with Crippen LogP contribution in [0.25, 0.3) is 0 Å². The summed E-state index contributed by atoms with van der Waals surface area (Å²) in [5.74, 6) is 3.39. The average molecular weight is 265 g/mol. The molecule has 1 aromatic rings. The van der Waals surface area contributed by atoms with Crippen LogP contribution in [0.3, 0.4) is 0 Å². The zero-order valence-electron chi connectivity index (χ0n) is 12.3. The van der Waals surface area contributed by atoms with E-state index in [1.54, 1.807) is 0 Å². The highest BCUT2D eigenvalue weighted by Crippen LogP contribution is 2.25. The van der Waals surface area contributed by atoms with Crippen molar-refractivity contribution in [2.24, 2.45) is 11.8 Å². The van der Waals surface area contributed by atoms with Crippen molar-refractivity contribution in [2.45, 2.75) is 52.7 Å². The third kappa shape index (κ3) is 5.37. The van der Waals surface area contributed by atoms with Gasteiger partial charge in [-0.25, -0.2) is 0 Å². The molecule has 0 saturated heterocycles. The number of rotatable bonds is 8. The van der Waals surface area contributed by atoms with E-state index >= 15 is 0 Å². The molecule has 19 heavy (non-hydrogen) atoms. The molecule has 1 heterocycles. The van der Waals surface area contributed by atoms with Crippen LogP contribution in [0.15, 0.2) is 16.5 Å². The molecule has 1 fully saturated rings. The van der Waals surface area contributed by atoms with Gasteiger partial charge in [0, 0.05) is 6.61 Å². The summed E-state index contributed by atoms with van der Waals surface area (Å²) in [6.07, 6.45) is 5.42. The van der Waals surface area contributed by atoms with Gasteiger partial charge in [-0.3, -0.25) is 0 Å². The van der Waals surface area contributed by atoms with E-state index in [1.165, 1.54) is 25.7 Å². The fourth-order valence-corrected chi connectivity index (χ4v) is 2.58. The molecule has 1 aliphatic rings. The number of nitrogens with one attached hydrogen (secondary N) is 1. The summed E-state index contributed by atoms with van der Waals surface area (Å²) in [5, 5.41) is 3.38. The Bertz CT molecular complexity index is 353. The second-order valence-corrected chi connectivity index (χ2v) is 6.06. The van der Waals surface area contributed by atoms with Gasteiger partial charge in [0.05, 0.1) is 6.54 Å². The molecule has 0 spiro atoms. The SMILES string of the molecule is CC(C)CNCc1ccc(COCC2CCCC2)o1. The number of furan rings is 1. The van der Waals surface area contributed by atoms with Gasteiger partial charge in [-0.2, -0.15) is 0 Å². The minimum absolute atomic E-state index is 0.612. The summed E-state index contributed by atoms with van der Waals surface area (Å²) in [6, 6.07) is 4.07. The van der Waals surface area contributed by atoms with Crippen molar-refractivity contribution < 1.29 is 9.15 Å². The van der Waals surface area contributed by atoms with E-state index in [1.807, 2.05) is 12.1 Å². The van der Waals surface area contributed by atoms with Crippen molar-refractivity contribution in [3.8, 4) is 0 Å². The van der Waals surface area contributed by atoms with Crippen LogP contribution in [0, 0.1) is 11.8 Å². The quantitative estimate of drug-likeness (QED) is 0.777. The summed E-state index contributed by atoms with van der Waals surface area (Å²) < 4.78 is 11.5. The monoisotopic (exact) mass is 265 g/mol. The molecular formula is C16H27NO2. The Morgan fingerprint density at radius 2 is 2.00 bits per heavy atom. The van der Waals surface area contributed by atoms with Crippen molar-refractivity contribution in [1.29, 1.82) is 0 Å². The maximum Gasteiger partial charge on any atom is 0.129 e. The highest BCUT2D eigenvalue weighted by atomic mass is 16.5. The summed E-state index contributed by atoms with van der Waals surface area (Å²) in [6.45, 7) is 7.74. The molecule has 0 bridgehead atoms. The van der Waals surface area contributed by atoms with Crippen molar-refractivity contribution in [3.63, 3.8) is 0 Å². The lowest BCUT2D eigenvalue weighted by Gasteiger charge is -2.08. The molecule has 0 radical (unpaired) electrons. The third-order valence-corrected chi connectivity index (χ3v) is 3.64. The largest absolute Gasteiger partial charge is 0.462 e. The van der Waals surface area contributed by atoms with Crippen molar-refractivity contribution in [3.05, 3.63) is 23.7 Å². The van der Waals surface area contributed by atoms with E-state index in [2.05, 4.69) is 19.2 Å². The van der Waals surface area contributed by atoms with Crippen molar-refractivity contribution in [2.75, 3.05) is 13.2 Å². The standard InChI is InChI=1S/C16H27NO2/c1-13(2)9-17-10-15-7-8-16(19-15)12-18-11-14-5-3-4-6-14/h7-8,13-14,17H,3-6,9-12H2,1-2H3. The van der Waals surface area contributed by atoms with Gasteiger partial charge in [0.2, 0.25) is 0 Å². The molecule has 1 aliphatic carbocycles. The topological polar surface area (TPSA) is 34.4 Å². The Balaban J connectivity index is 1.62. The summed E-state index contributed by atoms with van der Waals surface area (Å²) in [7, 11) is 0. The number of hydrogen-bond donors (Lipinski definition) is 1. The molecular weight excluding hydrogens is 238 g/mol. The smallest absolute Gasteiger partial charge is 0.129 e. The van der Waals surface area contributed by atoms with Crippen LogP contribution in [-0.2, 0) is 17.9 Å². The molecule has 0 aliphatic heterocycles. The summed E-state index contributed by atoms with van der Waals surface area (Å²) >= 11 is 0. The number of ether oxygens (including phenoxy) is 1. The van der Waals surface area contributed by atoms with Gasteiger partial charge in [-0.1, -0.05) is 26.7 Å². The van der Waals surface area contributed by atoms with E-state index in [4.69, 9.17) is 9.15 Å². The van der Waals surface area contributed by atoms with Crippen molar-refractivity contribution >= 4 is 0 Å². The van der Waals surface area contributed by atoms with Crippen LogP contribution < -0.4 is 5.32 Å². The Hall–Kier alpha value is -0.800. The maximum atomic E-state index is 5.75. The molecule has 1 aromatic heterocycles. The first-order valence-corrected chi connectivity index (χ1v) is 7.60. The first-order valence-electron chi connectivity index (χ1n) is 7.60. The van der Waals surface area contributed by atoms with Crippen LogP contribution in [0.2, 0.25) is 0 Å². The highest BCUT2D eigenvalue weighted by molar-refractivity contribution is 5.06. The maximum absolute atomic E-state index is 5.75. The lowest BCUT2D eigenvalue weighted by molar-refractivity contribution is 0.0764. The second kappa shape index (κ2) is 7.71. The van der Waals surface area contributed by atoms with Gasteiger partial charge >= 0.3 is 0 Å². The van der Waals surface area contributed by atoms with Crippen molar-refractivity contribution in [1.82, 2.24) is 5.32 Å². The van der Waals surface area contributed by atoms with Gasteiger partial charge in [-0.15, -0.1) is 0 Å². The second-order valence-electron chi connectivity index (χ2n) is 6.06. The predicted octanol–water partition coefficient (Wildman–Crippen LogP) is 3.73. The van der Waals surface area contributed by atoms with E-state index in [-0.39, 0.29) is 0 Å². The van der Waals surface area contributed by atoms with Crippen LogP contribution in [0.4, 0.5) is 0 Å². The van der Waals surface area contributed by atoms with E-state index < -0.39 is 0 Å². The summed E-state index contributed by atoms with van der Waals surface area (Å²) in [4.78, 5) is 0. The minimum atomic E-state index is 0.612. The molecule has 0 unspecified atom stereocenters. The van der Waals surface area contributed by atoms with Gasteiger partial charge < -0.3 is 14.5 Å². The van der Waals surface area contributed by atoms with Gasteiger partial charge in [0.25, 0.3) is 0 Å². The Morgan fingerprint density at radius 1 is 1.26 bits per heavy atom. The molecule has 1 saturated carbocycles. The minimum Gasteiger partial charge on any atom is -0.462 e. The van der Waals surface area contributed by atoms with Gasteiger partial charge in [0.1, 0.15) is 18.1 Å². The lowest BCUT2D eigenvalue weighted by atomic mass is 10.1. The molecule has 0 aromatic carbocycles.